The molecule has 1 atom stereocenters. The highest BCUT2D eigenvalue weighted by Crippen LogP contribution is 2.20. The quantitative estimate of drug-likeness (QED) is 0.720. The third-order valence-corrected chi connectivity index (χ3v) is 3.18. The molecule has 1 aliphatic rings. The Morgan fingerprint density at radius 1 is 1.53 bits per heavy atom. The van der Waals surface area contributed by atoms with Crippen LogP contribution in [0.3, 0.4) is 0 Å². The van der Waals surface area contributed by atoms with Gasteiger partial charge >= 0.3 is 0 Å². The van der Waals surface area contributed by atoms with E-state index in [1.54, 1.807) is 18.2 Å². The molecule has 17 heavy (non-hydrogen) atoms. The first kappa shape index (κ1) is 11.9. The molecule has 1 fully saturated rings. The zero-order valence-corrected chi connectivity index (χ0v) is 10.2. The Balaban J connectivity index is 2.17. The lowest BCUT2D eigenvalue weighted by atomic mass is 10.0. The van der Waals surface area contributed by atoms with E-state index in [0.29, 0.717) is 5.56 Å². The van der Waals surface area contributed by atoms with Gasteiger partial charge in [-0.05, 0) is 38.9 Å². The van der Waals surface area contributed by atoms with E-state index in [4.69, 9.17) is 0 Å². The summed E-state index contributed by atoms with van der Waals surface area (Å²) in [4.78, 5) is 12.1. The van der Waals surface area contributed by atoms with Gasteiger partial charge in [0, 0.05) is 6.54 Å². The molecule has 1 unspecified atom stereocenters. The third-order valence-electron chi connectivity index (χ3n) is 3.18. The van der Waals surface area contributed by atoms with E-state index in [-0.39, 0.29) is 17.2 Å². The lowest BCUT2D eigenvalue weighted by Gasteiger charge is -2.24. The fraction of sp³-hybridized carbons (Fsp3) is 0.462. The molecule has 0 aromatic heterocycles. The molecule has 1 aromatic carbocycles. The van der Waals surface area contributed by atoms with Crippen molar-refractivity contribution in [1.82, 2.24) is 10.6 Å². The van der Waals surface area contributed by atoms with Gasteiger partial charge in [-0.1, -0.05) is 11.6 Å². The molecule has 92 valence electrons. The second-order valence-corrected chi connectivity index (χ2v) is 4.96. The number of aromatic hydroxyl groups is 1. The number of hydrogen-bond donors (Lipinski definition) is 3. The Hall–Kier alpha value is -1.55. The van der Waals surface area contributed by atoms with Crippen LogP contribution >= 0.6 is 0 Å². The van der Waals surface area contributed by atoms with E-state index in [0.717, 1.165) is 25.1 Å². The first-order valence-electron chi connectivity index (χ1n) is 5.83. The molecular formula is C13H18N2O2. The van der Waals surface area contributed by atoms with E-state index in [2.05, 4.69) is 10.6 Å². The van der Waals surface area contributed by atoms with Gasteiger partial charge in [0.15, 0.2) is 0 Å². The normalized spacial score (nSPS) is 23.6. The van der Waals surface area contributed by atoms with Crippen LogP contribution in [0, 0.1) is 6.92 Å². The van der Waals surface area contributed by atoms with Gasteiger partial charge in [0.05, 0.1) is 11.1 Å². The molecule has 3 N–H and O–H groups in total. The molecule has 1 heterocycles. The number of amides is 1. The number of phenols is 1. The van der Waals surface area contributed by atoms with Crippen LogP contribution in [0.25, 0.3) is 0 Å². The fourth-order valence-electron chi connectivity index (χ4n) is 2.10. The standard InChI is InChI=1S/C13H18N2O2/c1-9-3-4-11(16)10(7-9)12(17)15-13(2)5-6-14-8-13/h3-4,7,14,16H,5-6,8H2,1-2H3,(H,15,17). The number of carbonyl (C=O) groups is 1. The van der Waals surface area contributed by atoms with E-state index >= 15 is 0 Å². The summed E-state index contributed by atoms with van der Waals surface area (Å²) in [5.41, 5.74) is 1.09. The SMILES string of the molecule is Cc1ccc(O)c(C(=O)NC2(C)CCNC2)c1. The number of aryl methyl sites for hydroxylation is 1. The predicted octanol–water partition coefficient (Wildman–Crippen LogP) is 1.18. The Morgan fingerprint density at radius 2 is 2.29 bits per heavy atom. The monoisotopic (exact) mass is 234 g/mol. The van der Waals surface area contributed by atoms with Crippen molar-refractivity contribution in [2.24, 2.45) is 0 Å². The molecule has 0 bridgehead atoms. The van der Waals surface area contributed by atoms with E-state index in [1.807, 2.05) is 13.8 Å². The molecule has 2 rings (SSSR count). The van der Waals surface area contributed by atoms with Crippen molar-refractivity contribution in [2.75, 3.05) is 13.1 Å². The predicted molar refractivity (Wildman–Crippen MR) is 66.2 cm³/mol. The maximum Gasteiger partial charge on any atom is 0.255 e. The molecule has 0 radical (unpaired) electrons. The lowest BCUT2D eigenvalue weighted by molar-refractivity contribution is 0.0910. The minimum atomic E-state index is -0.215. The summed E-state index contributed by atoms with van der Waals surface area (Å²) < 4.78 is 0. The van der Waals surface area contributed by atoms with Crippen LogP contribution in [0.2, 0.25) is 0 Å². The molecule has 4 nitrogen and oxygen atoms in total. The fourth-order valence-corrected chi connectivity index (χ4v) is 2.10. The average Bonchev–Trinajstić information content (AvgIpc) is 2.68. The summed E-state index contributed by atoms with van der Waals surface area (Å²) >= 11 is 0. The zero-order chi connectivity index (χ0) is 12.5. The molecule has 1 aliphatic heterocycles. The minimum Gasteiger partial charge on any atom is -0.507 e. The highest BCUT2D eigenvalue weighted by Gasteiger charge is 2.30. The number of hydrogen-bond acceptors (Lipinski definition) is 3. The topological polar surface area (TPSA) is 61.4 Å². The van der Waals surface area contributed by atoms with Gasteiger partial charge in [-0.3, -0.25) is 4.79 Å². The van der Waals surface area contributed by atoms with Crippen molar-refractivity contribution >= 4 is 5.91 Å². The Morgan fingerprint density at radius 3 is 2.94 bits per heavy atom. The minimum absolute atomic E-state index is 0.0302. The Bertz CT molecular complexity index is 437. The molecular weight excluding hydrogens is 216 g/mol. The first-order valence-corrected chi connectivity index (χ1v) is 5.83. The summed E-state index contributed by atoms with van der Waals surface area (Å²) in [6, 6.07) is 5.04. The maximum atomic E-state index is 12.1. The molecule has 1 amide bonds. The van der Waals surface area contributed by atoms with Crippen molar-refractivity contribution in [3.63, 3.8) is 0 Å². The number of nitrogens with one attached hydrogen (secondary N) is 2. The Labute approximate surface area is 101 Å². The second kappa shape index (κ2) is 4.37. The van der Waals surface area contributed by atoms with E-state index in [9.17, 15) is 9.90 Å². The average molecular weight is 234 g/mol. The van der Waals surface area contributed by atoms with Gasteiger partial charge in [-0.25, -0.2) is 0 Å². The van der Waals surface area contributed by atoms with Gasteiger partial charge in [0.2, 0.25) is 0 Å². The van der Waals surface area contributed by atoms with Crippen molar-refractivity contribution in [3.05, 3.63) is 29.3 Å². The van der Waals surface area contributed by atoms with Crippen LogP contribution in [0.15, 0.2) is 18.2 Å². The zero-order valence-electron chi connectivity index (χ0n) is 10.2. The molecule has 0 spiro atoms. The summed E-state index contributed by atoms with van der Waals surface area (Å²) in [7, 11) is 0. The van der Waals surface area contributed by atoms with Gasteiger partial charge in [0.25, 0.3) is 5.91 Å². The summed E-state index contributed by atoms with van der Waals surface area (Å²) in [6.07, 6.45) is 0.908. The molecule has 0 aliphatic carbocycles. The van der Waals surface area contributed by atoms with Gasteiger partial charge in [-0.2, -0.15) is 0 Å². The molecule has 4 heteroatoms. The van der Waals surface area contributed by atoms with Gasteiger partial charge in [-0.15, -0.1) is 0 Å². The Kier molecular flexibility index (Phi) is 3.07. The highest BCUT2D eigenvalue weighted by molar-refractivity contribution is 5.97. The van der Waals surface area contributed by atoms with Crippen molar-refractivity contribution in [3.8, 4) is 5.75 Å². The molecule has 1 aromatic rings. The van der Waals surface area contributed by atoms with Crippen molar-refractivity contribution in [1.29, 1.82) is 0 Å². The third kappa shape index (κ3) is 2.58. The van der Waals surface area contributed by atoms with Crippen molar-refractivity contribution < 1.29 is 9.90 Å². The smallest absolute Gasteiger partial charge is 0.255 e. The van der Waals surface area contributed by atoms with Crippen LogP contribution in [0.5, 0.6) is 5.75 Å². The van der Waals surface area contributed by atoms with Gasteiger partial charge in [0.1, 0.15) is 5.75 Å². The summed E-state index contributed by atoms with van der Waals surface area (Å²) in [5, 5.41) is 15.9. The second-order valence-electron chi connectivity index (χ2n) is 4.96. The lowest BCUT2D eigenvalue weighted by Crippen LogP contribution is -2.47. The summed E-state index contributed by atoms with van der Waals surface area (Å²) in [6.45, 7) is 5.59. The highest BCUT2D eigenvalue weighted by atomic mass is 16.3. The number of phenolic OH excluding ortho intramolecular Hbond substituents is 1. The maximum absolute atomic E-state index is 12.1. The largest absolute Gasteiger partial charge is 0.507 e. The van der Waals surface area contributed by atoms with E-state index in [1.165, 1.54) is 0 Å². The number of rotatable bonds is 2. The van der Waals surface area contributed by atoms with Crippen LogP contribution in [0.4, 0.5) is 0 Å². The number of benzene rings is 1. The van der Waals surface area contributed by atoms with Crippen LogP contribution < -0.4 is 10.6 Å². The summed E-state index contributed by atoms with van der Waals surface area (Å²) in [5.74, 6) is -0.181. The first-order chi connectivity index (χ1) is 8.00. The molecule has 0 saturated carbocycles. The van der Waals surface area contributed by atoms with Crippen LogP contribution in [-0.4, -0.2) is 29.6 Å². The van der Waals surface area contributed by atoms with Crippen LogP contribution in [0.1, 0.15) is 29.3 Å². The van der Waals surface area contributed by atoms with E-state index < -0.39 is 0 Å². The van der Waals surface area contributed by atoms with Gasteiger partial charge < -0.3 is 15.7 Å². The molecule has 1 saturated heterocycles. The van der Waals surface area contributed by atoms with Crippen molar-refractivity contribution in [2.45, 2.75) is 25.8 Å². The number of carbonyl (C=O) groups excluding carboxylic acids is 1. The van der Waals surface area contributed by atoms with Crippen LogP contribution in [-0.2, 0) is 0 Å².